The third-order valence-electron chi connectivity index (χ3n) is 3.28. The molecule has 0 spiro atoms. The SMILES string of the molecule is Cc1cc(Cl)ccc1O[C@H](C)C(=O)Nc1cc(Cl)ccc1C(=O)O. The van der Waals surface area contributed by atoms with Crippen molar-refractivity contribution in [2.45, 2.75) is 20.0 Å². The van der Waals surface area contributed by atoms with E-state index in [2.05, 4.69) is 5.32 Å². The molecule has 24 heavy (non-hydrogen) atoms. The molecule has 0 heterocycles. The topological polar surface area (TPSA) is 75.6 Å². The molecule has 0 aliphatic carbocycles. The van der Waals surface area contributed by atoms with Gasteiger partial charge in [-0.25, -0.2) is 4.79 Å². The summed E-state index contributed by atoms with van der Waals surface area (Å²) >= 11 is 11.7. The van der Waals surface area contributed by atoms with Gasteiger partial charge >= 0.3 is 5.97 Å². The molecule has 0 aromatic heterocycles. The fraction of sp³-hybridized carbons (Fsp3) is 0.176. The Balaban J connectivity index is 2.14. The molecule has 2 rings (SSSR count). The van der Waals surface area contributed by atoms with Crippen LogP contribution in [0.5, 0.6) is 5.75 Å². The van der Waals surface area contributed by atoms with E-state index in [1.807, 2.05) is 6.92 Å². The second-order valence-corrected chi connectivity index (χ2v) is 6.03. The van der Waals surface area contributed by atoms with Crippen molar-refractivity contribution in [3.63, 3.8) is 0 Å². The third-order valence-corrected chi connectivity index (χ3v) is 3.75. The number of carbonyl (C=O) groups is 2. The largest absolute Gasteiger partial charge is 0.481 e. The van der Waals surface area contributed by atoms with E-state index in [0.717, 1.165) is 5.56 Å². The van der Waals surface area contributed by atoms with Gasteiger partial charge in [-0.3, -0.25) is 4.79 Å². The Morgan fingerprint density at radius 2 is 1.75 bits per heavy atom. The van der Waals surface area contributed by atoms with Gasteiger partial charge in [0, 0.05) is 10.0 Å². The highest BCUT2D eigenvalue weighted by molar-refractivity contribution is 6.31. The molecule has 7 heteroatoms. The maximum atomic E-state index is 12.3. The van der Waals surface area contributed by atoms with Crippen molar-refractivity contribution in [2.24, 2.45) is 0 Å². The van der Waals surface area contributed by atoms with Crippen molar-refractivity contribution in [2.75, 3.05) is 5.32 Å². The maximum Gasteiger partial charge on any atom is 0.337 e. The van der Waals surface area contributed by atoms with Crippen LogP contribution in [-0.2, 0) is 4.79 Å². The highest BCUT2D eigenvalue weighted by Gasteiger charge is 2.19. The highest BCUT2D eigenvalue weighted by atomic mass is 35.5. The van der Waals surface area contributed by atoms with Crippen LogP contribution < -0.4 is 10.1 Å². The third kappa shape index (κ3) is 4.40. The summed E-state index contributed by atoms with van der Waals surface area (Å²) in [7, 11) is 0. The molecule has 1 amide bonds. The number of benzene rings is 2. The molecule has 0 fully saturated rings. The van der Waals surface area contributed by atoms with Crippen LogP contribution in [0.4, 0.5) is 5.69 Å². The zero-order valence-electron chi connectivity index (χ0n) is 13.0. The van der Waals surface area contributed by atoms with Gasteiger partial charge in [-0.1, -0.05) is 23.2 Å². The lowest BCUT2D eigenvalue weighted by Gasteiger charge is -2.17. The van der Waals surface area contributed by atoms with E-state index in [1.165, 1.54) is 18.2 Å². The number of anilines is 1. The summed E-state index contributed by atoms with van der Waals surface area (Å²) in [6.45, 7) is 3.37. The Morgan fingerprint density at radius 1 is 1.12 bits per heavy atom. The molecule has 0 saturated carbocycles. The molecule has 0 unspecified atom stereocenters. The van der Waals surface area contributed by atoms with Crippen molar-refractivity contribution in [3.05, 3.63) is 57.6 Å². The number of halogens is 2. The standard InChI is InChI=1S/C17H15Cl2NO4/c1-9-7-11(18)4-6-15(9)24-10(2)16(21)20-14-8-12(19)3-5-13(14)17(22)23/h3-8,10H,1-2H3,(H,20,21)(H,22,23)/t10-/m1/s1. The smallest absolute Gasteiger partial charge is 0.337 e. The summed E-state index contributed by atoms with van der Waals surface area (Å²) in [5.41, 5.74) is 0.849. The Bertz CT molecular complexity index is 792. The minimum atomic E-state index is -1.16. The molecule has 0 aliphatic rings. The first-order valence-corrected chi connectivity index (χ1v) is 7.80. The Labute approximate surface area is 149 Å². The van der Waals surface area contributed by atoms with Gasteiger partial charge in [0.25, 0.3) is 5.91 Å². The fourth-order valence-corrected chi connectivity index (χ4v) is 2.43. The molecule has 1 atom stereocenters. The molecule has 2 aromatic carbocycles. The van der Waals surface area contributed by atoms with Gasteiger partial charge in [0.05, 0.1) is 11.3 Å². The average molecular weight is 368 g/mol. The number of carboxylic acid groups (broad SMARTS) is 1. The zero-order chi connectivity index (χ0) is 17.9. The van der Waals surface area contributed by atoms with E-state index in [0.29, 0.717) is 15.8 Å². The van der Waals surface area contributed by atoms with Gasteiger partial charge in [0.2, 0.25) is 0 Å². The fourth-order valence-electron chi connectivity index (χ4n) is 2.03. The van der Waals surface area contributed by atoms with Gasteiger partial charge in [-0.15, -0.1) is 0 Å². The molecule has 0 saturated heterocycles. The summed E-state index contributed by atoms with van der Waals surface area (Å²) in [6.07, 6.45) is -0.842. The van der Waals surface area contributed by atoms with E-state index in [-0.39, 0.29) is 11.3 Å². The number of carboxylic acids is 1. The summed E-state index contributed by atoms with van der Waals surface area (Å²) in [5.74, 6) is -1.13. The van der Waals surface area contributed by atoms with Crippen LogP contribution in [0.1, 0.15) is 22.8 Å². The summed E-state index contributed by atoms with van der Waals surface area (Å²) in [5, 5.41) is 12.6. The minimum absolute atomic E-state index is 0.0531. The molecule has 2 N–H and O–H groups in total. The van der Waals surface area contributed by atoms with Crippen molar-refractivity contribution < 1.29 is 19.4 Å². The van der Waals surface area contributed by atoms with E-state index >= 15 is 0 Å². The molecule has 0 aliphatic heterocycles. The van der Waals surface area contributed by atoms with Crippen LogP contribution in [-0.4, -0.2) is 23.1 Å². The number of rotatable bonds is 5. The number of amides is 1. The lowest BCUT2D eigenvalue weighted by molar-refractivity contribution is -0.122. The molecule has 5 nitrogen and oxygen atoms in total. The number of hydrogen-bond donors (Lipinski definition) is 2. The lowest BCUT2D eigenvalue weighted by atomic mass is 10.1. The van der Waals surface area contributed by atoms with Crippen molar-refractivity contribution in [3.8, 4) is 5.75 Å². The highest BCUT2D eigenvalue weighted by Crippen LogP contribution is 2.24. The molecule has 2 aromatic rings. The van der Waals surface area contributed by atoms with Crippen LogP contribution in [0.25, 0.3) is 0 Å². The monoisotopic (exact) mass is 367 g/mol. The maximum absolute atomic E-state index is 12.3. The van der Waals surface area contributed by atoms with Crippen LogP contribution in [0.2, 0.25) is 10.0 Å². The van der Waals surface area contributed by atoms with Crippen LogP contribution in [0, 0.1) is 6.92 Å². The van der Waals surface area contributed by atoms with Crippen LogP contribution in [0.3, 0.4) is 0 Å². The second kappa shape index (κ2) is 7.55. The van der Waals surface area contributed by atoms with Crippen molar-refractivity contribution in [1.82, 2.24) is 0 Å². The second-order valence-electron chi connectivity index (χ2n) is 5.15. The van der Waals surface area contributed by atoms with Crippen molar-refractivity contribution in [1.29, 1.82) is 0 Å². The lowest BCUT2D eigenvalue weighted by Crippen LogP contribution is -2.31. The van der Waals surface area contributed by atoms with Crippen LogP contribution >= 0.6 is 23.2 Å². The van der Waals surface area contributed by atoms with Gasteiger partial charge in [-0.2, -0.15) is 0 Å². The Morgan fingerprint density at radius 3 is 2.38 bits per heavy atom. The molecular weight excluding hydrogens is 353 g/mol. The minimum Gasteiger partial charge on any atom is -0.481 e. The average Bonchev–Trinajstić information content (AvgIpc) is 2.49. The number of carbonyl (C=O) groups excluding carboxylic acids is 1. The number of aromatic carboxylic acids is 1. The quantitative estimate of drug-likeness (QED) is 0.820. The van der Waals surface area contributed by atoms with Gasteiger partial charge in [0.1, 0.15) is 5.75 Å². The normalized spacial score (nSPS) is 11.7. The first kappa shape index (κ1) is 18.1. The van der Waals surface area contributed by atoms with Crippen LogP contribution in [0.15, 0.2) is 36.4 Å². The van der Waals surface area contributed by atoms with Gasteiger partial charge in [0.15, 0.2) is 6.10 Å². The van der Waals surface area contributed by atoms with E-state index < -0.39 is 18.0 Å². The number of hydrogen-bond acceptors (Lipinski definition) is 3. The Kier molecular flexibility index (Phi) is 5.70. The summed E-state index contributed by atoms with van der Waals surface area (Å²) in [4.78, 5) is 23.5. The van der Waals surface area contributed by atoms with Gasteiger partial charge in [-0.05, 0) is 55.8 Å². The number of nitrogens with one attached hydrogen (secondary N) is 1. The Hall–Kier alpha value is -2.24. The van der Waals surface area contributed by atoms with E-state index in [1.54, 1.807) is 25.1 Å². The molecule has 0 radical (unpaired) electrons. The molecule has 0 bridgehead atoms. The molecular formula is C17H15Cl2NO4. The number of aryl methyl sites for hydroxylation is 1. The first-order valence-electron chi connectivity index (χ1n) is 7.04. The first-order chi connectivity index (χ1) is 11.3. The zero-order valence-corrected chi connectivity index (χ0v) is 14.5. The summed E-state index contributed by atoms with van der Waals surface area (Å²) < 4.78 is 5.61. The molecule has 126 valence electrons. The van der Waals surface area contributed by atoms with E-state index in [4.69, 9.17) is 33.0 Å². The summed E-state index contributed by atoms with van der Waals surface area (Å²) in [6, 6.07) is 9.20. The number of ether oxygens (including phenoxy) is 1. The van der Waals surface area contributed by atoms with Gasteiger partial charge < -0.3 is 15.2 Å². The van der Waals surface area contributed by atoms with Crippen molar-refractivity contribution >= 4 is 40.8 Å². The predicted molar refractivity (Wildman–Crippen MR) is 93.3 cm³/mol. The van der Waals surface area contributed by atoms with E-state index in [9.17, 15) is 9.59 Å². The predicted octanol–water partition coefficient (Wildman–Crippen LogP) is 4.41.